The van der Waals surface area contributed by atoms with Crippen molar-refractivity contribution in [3.8, 4) is 11.5 Å². The molecule has 1 N–H and O–H groups in total. The smallest absolute Gasteiger partial charge is 0.223 e. The van der Waals surface area contributed by atoms with E-state index in [2.05, 4.69) is 24.4 Å². The number of rotatable bonds is 5. The summed E-state index contributed by atoms with van der Waals surface area (Å²) in [6.45, 7) is 4.90. The van der Waals surface area contributed by atoms with Gasteiger partial charge in [0.1, 0.15) is 18.3 Å². The van der Waals surface area contributed by atoms with Crippen molar-refractivity contribution in [1.29, 1.82) is 0 Å². The summed E-state index contributed by atoms with van der Waals surface area (Å²) in [4.78, 5) is 19.8. The first-order valence-corrected chi connectivity index (χ1v) is 9.92. The summed E-state index contributed by atoms with van der Waals surface area (Å²) in [5.74, 6) is 2.22. The SMILES string of the molecule is C=O.COc1ccc(C)cc1.COc1cccc(CCC2CCCCNC2=O)c1. The topological polar surface area (TPSA) is 64.6 Å². The highest BCUT2D eigenvalue weighted by Crippen LogP contribution is 2.20. The molecule has 1 aliphatic rings. The van der Waals surface area contributed by atoms with Crippen LogP contribution in [0, 0.1) is 12.8 Å². The van der Waals surface area contributed by atoms with Crippen molar-refractivity contribution in [3.63, 3.8) is 0 Å². The van der Waals surface area contributed by atoms with Gasteiger partial charge in [0.15, 0.2) is 0 Å². The van der Waals surface area contributed by atoms with Gasteiger partial charge in [0.25, 0.3) is 0 Å². The lowest BCUT2D eigenvalue weighted by molar-refractivity contribution is -0.124. The quantitative estimate of drug-likeness (QED) is 0.811. The van der Waals surface area contributed by atoms with Crippen molar-refractivity contribution in [3.05, 3.63) is 59.7 Å². The van der Waals surface area contributed by atoms with Crippen molar-refractivity contribution >= 4 is 12.7 Å². The number of amides is 1. The van der Waals surface area contributed by atoms with E-state index in [9.17, 15) is 4.79 Å². The Hall–Kier alpha value is -2.82. The average Bonchev–Trinajstić information content (AvgIpc) is 2.98. The van der Waals surface area contributed by atoms with Crippen LogP contribution < -0.4 is 14.8 Å². The molecule has 1 saturated heterocycles. The fourth-order valence-corrected chi connectivity index (χ4v) is 3.12. The van der Waals surface area contributed by atoms with Gasteiger partial charge in [-0.25, -0.2) is 0 Å². The number of ether oxygens (including phenoxy) is 2. The Bertz CT molecular complexity index is 715. The summed E-state index contributed by atoms with van der Waals surface area (Å²) in [6.07, 6.45) is 5.16. The van der Waals surface area contributed by atoms with Crippen molar-refractivity contribution < 1.29 is 19.1 Å². The molecular weight excluding hydrogens is 366 g/mol. The van der Waals surface area contributed by atoms with Crippen molar-refractivity contribution in [2.45, 2.75) is 39.0 Å². The third-order valence-electron chi connectivity index (χ3n) is 4.82. The molecule has 0 spiro atoms. The summed E-state index contributed by atoms with van der Waals surface area (Å²) in [5, 5.41) is 2.99. The normalized spacial score (nSPS) is 15.4. The molecule has 0 saturated carbocycles. The zero-order valence-electron chi connectivity index (χ0n) is 17.8. The number of carbonyl (C=O) groups is 2. The van der Waals surface area contributed by atoms with Crippen LogP contribution >= 0.6 is 0 Å². The predicted octanol–water partition coefficient (Wildman–Crippen LogP) is 4.36. The van der Waals surface area contributed by atoms with Crippen LogP contribution in [0.25, 0.3) is 0 Å². The van der Waals surface area contributed by atoms with Crippen LogP contribution in [0.4, 0.5) is 0 Å². The molecule has 1 heterocycles. The molecule has 1 atom stereocenters. The van der Waals surface area contributed by atoms with Crippen molar-refractivity contribution in [2.75, 3.05) is 20.8 Å². The average molecular weight is 400 g/mol. The first kappa shape index (κ1) is 24.2. The van der Waals surface area contributed by atoms with E-state index in [1.807, 2.05) is 43.2 Å². The second kappa shape index (κ2) is 14.2. The van der Waals surface area contributed by atoms with Gasteiger partial charge in [0, 0.05) is 12.5 Å². The number of aryl methyl sites for hydroxylation is 2. The summed E-state index contributed by atoms with van der Waals surface area (Å²) in [5.41, 5.74) is 2.50. The highest BCUT2D eigenvalue weighted by molar-refractivity contribution is 5.78. The van der Waals surface area contributed by atoms with Gasteiger partial charge in [-0.1, -0.05) is 36.2 Å². The number of hydrogen-bond donors (Lipinski definition) is 1. The fraction of sp³-hybridized carbons (Fsp3) is 0.417. The standard InChI is InChI=1S/C15H21NO2.C8H10O.CH2O/c1-18-14-7-4-5-12(11-14)8-9-13-6-2-3-10-16-15(13)17;1-7-3-5-8(9-2)6-4-7;1-2/h4-5,7,11,13H,2-3,6,8-10H2,1H3,(H,16,17);3-6H,1-2H3;1H2. The number of methoxy groups -OCH3 is 2. The van der Waals surface area contributed by atoms with Gasteiger partial charge in [0.05, 0.1) is 14.2 Å². The minimum atomic E-state index is 0.179. The Morgan fingerprint density at radius 3 is 2.34 bits per heavy atom. The fourth-order valence-electron chi connectivity index (χ4n) is 3.12. The van der Waals surface area contributed by atoms with Gasteiger partial charge < -0.3 is 19.6 Å². The van der Waals surface area contributed by atoms with Gasteiger partial charge in [-0.15, -0.1) is 0 Å². The van der Waals surface area contributed by atoms with Gasteiger partial charge in [-0.3, -0.25) is 4.79 Å². The third-order valence-corrected chi connectivity index (χ3v) is 4.82. The molecule has 5 heteroatoms. The molecule has 1 unspecified atom stereocenters. The number of carbonyl (C=O) groups excluding carboxylic acids is 2. The first-order valence-electron chi connectivity index (χ1n) is 9.92. The third kappa shape index (κ3) is 9.28. The Morgan fingerprint density at radius 2 is 1.69 bits per heavy atom. The van der Waals surface area contributed by atoms with Crippen LogP contribution in [0.15, 0.2) is 48.5 Å². The van der Waals surface area contributed by atoms with E-state index in [0.29, 0.717) is 0 Å². The Labute approximate surface area is 174 Å². The lowest BCUT2D eigenvalue weighted by Gasteiger charge is -2.13. The monoisotopic (exact) mass is 399 g/mol. The molecule has 2 aromatic carbocycles. The van der Waals surface area contributed by atoms with E-state index >= 15 is 0 Å². The van der Waals surface area contributed by atoms with Crippen molar-refractivity contribution in [2.24, 2.45) is 5.92 Å². The molecule has 0 bridgehead atoms. The van der Waals surface area contributed by atoms with Crippen LogP contribution in [-0.4, -0.2) is 33.5 Å². The number of benzene rings is 2. The molecule has 0 aromatic heterocycles. The van der Waals surface area contributed by atoms with Gasteiger partial charge >= 0.3 is 0 Å². The van der Waals surface area contributed by atoms with Gasteiger partial charge in [0.2, 0.25) is 5.91 Å². The van der Waals surface area contributed by atoms with Gasteiger partial charge in [-0.2, -0.15) is 0 Å². The molecule has 1 fully saturated rings. The number of hydrogen-bond acceptors (Lipinski definition) is 4. The molecule has 3 rings (SSSR count). The van der Waals surface area contributed by atoms with E-state index in [1.165, 1.54) is 11.1 Å². The Morgan fingerprint density at radius 1 is 1.00 bits per heavy atom. The maximum absolute atomic E-state index is 11.8. The summed E-state index contributed by atoms with van der Waals surface area (Å²) < 4.78 is 10.2. The van der Waals surface area contributed by atoms with Crippen LogP contribution in [0.5, 0.6) is 11.5 Å². The van der Waals surface area contributed by atoms with E-state index < -0.39 is 0 Å². The van der Waals surface area contributed by atoms with E-state index in [4.69, 9.17) is 14.3 Å². The second-order valence-corrected chi connectivity index (χ2v) is 6.89. The largest absolute Gasteiger partial charge is 0.497 e. The zero-order chi connectivity index (χ0) is 21.5. The predicted molar refractivity (Wildman–Crippen MR) is 117 cm³/mol. The lowest BCUT2D eigenvalue weighted by atomic mass is 9.94. The lowest BCUT2D eigenvalue weighted by Crippen LogP contribution is -2.29. The first-order chi connectivity index (χ1) is 14.1. The zero-order valence-corrected chi connectivity index (χ0v) is 17.8. The number of nitrogens with one attached hydrogen (secondary N) is 1. The molecule has 0 radical (unpaired) electrons. The summed E-state index contributed by atoms with van der Waals surface area (Å²) in [7, 11) is 3.35. The molecular formula is C24H33NO4. The van der Waals surface area contributed by atoms with E-state index in [0.717, 1.165) is 50.1 Å². The maximum Gasteiger partial charge on any atom is 0.223 e. The van der Waals surface area contributed by atoms with Crippen LogP contribution in [0.3, 0.4) is 0 Å². The molecule has 1 aliphatic heterocycles. The molecule has 5 nitrogen and oxygen atoms in total. The second-order valence-electron chi connectivity index (χ2n) is 6.89. The minimum absolute atomic E-state index is 0.179. The minimum Gasteiger partial charge on any atom is -0.497 e. The summed E-state index contributed by atoms with van der Waals surface area (Å²) in [6, 6.07) is 16.1. The maximum atomic E-state index is 11.8. The van der Waals surface area contributed by atoms with Crippen LogP contribution in [0.1, 0.15) is 36.8 Å². The van der Waals surface area contributed by atoms with E-state index in [1.54, 1.807) is 14.2 Å². The van der Waals surface area contributed by atoms with Gasteiger partial charge in [-0.05, 0) is 62.4 Å². The van der Waals surface area contributed by atoms with Crippen LogP contribution in [-0.2, 0) is 16.0 Å². The molecule has 1 amide bonds. The highest BCUT2D eigenvalue weighted by atomic mass is 16.5. The molecule has 0 aliphatic carbocycles. The highest BCUT2D eigenvalue weighted by Gasteiger charge is 2.20. The van der Waals surface area contributed by atoms with Crippen LogP contribution in [0.2, 0.25) is 0 Å². The molecule has 2 aromatic rings. The molecule has 158 valence electrons. The molecule has 29 heavy (non-hydrogen) atoms. The van der Waals surface area contributed by atoms with E-state index in [-0.39, 0.29) is 11.8 Å². The van der Waals surface area contributed by atoms with Crippen molar-refractivity contribution in [1.82, 2.24) is 5.32 Å². The Balaban J connectivity index is 0.000000321. The summed E-state index contributed by atoms with van der Waals surface area (Å²) >= 11 is 0. The Kier molecular flexibility index (Phi) is 11.9.